The van der Waals surface area contributed by atoms with Crippen LogP contribution in [0.25, 0.3) is 0 Å². The van der Waals surface area contributed by atoms with Crippen molar-refractivity contribution in [1.29, 1.82) is 0 Å². The van der Waals surface area contributed by atoms with Crippen LogP contribution in [0.5, 0.6) is 0 Å². The second-order valence-electron chi connectivity index (χ2n) is 4.13. The van der Waals surface area contributed by atoms with Gasteiger partial charge in [0.2, 0.25) is 0 Å². The highest BCUT2D eigenvalue weighted by atomic mass is 16.6. The third kappa shape index (κ3) is 4.81. The molecular weight excluding hydrogens is 260 g/mol. The normalized spacial score (nSPS) is 11.2. The van der Waals surface area contributed by atoms with E-state index in [4.69, 9.17) is 0 Å². The SMILES string of the molecule is CC/C(=C/CNCc1ccc([N+](=O)[O-])cc1)C(=O)OC. The van der Waals surface area contributed by atoms with E-state index in [0.29, 0.717) is 25.1 Å². The molecule has 6 heteroatoms. The smallest absolute Gasteiger partial charge is 0.333 e. The minimum atomic E-state index is -0.427. The van der Waals surface area contributed by atoms with Crippen molar-refractivity contribution in [3.8, 4) is 0 Å². The molecule has 0 heterocycles. The predicted molar refractivity (Wildman–Crippen MR) is 75.2 cm³/mol. The Kier molecular flexibility index (Phi) is 6.39. The molecule has 1 aromatic carbocycles. The lowest BCUT2D eigenvalue weighted by atomic mass is 10.2. The molecule has 0 saturated carbocycles. The fraction of sp³-hybridized carbons (Fsp3) is 0.357. The summed E-state index contributed by atoms with van der Waals surface area (Å²) in [5, 5.41) is 13.7. The molecule has 0 unspecified atom stereocenters. The number of hydrogen-bond donors (Lipinski definition) is 1. The van der Waals surface area contributed by atoms with E-state index in [9.17, 15) is 14.9 Å². The first kappa shape index (κ1) is 15.8. The van der Waals surface area contributed by atoms with Crippen molar-refractivity contribution in [2.75, 3.05) is 13.7 Å². The van der Waals surface area contributed by atoms with E-state index in [1.54, 1.807) is 18.2 Å². The summed E-state index contributed by atoms with van der Waals surface area (Å²) in [6.45, 7) is 3.00. The average molecular weight is 278 g/mol. The van der Waals surface area contributed by atoms with Crippen molar-refractivity contribution in [3.63, 3.8) is 0 Å². The molecule has 0 bridgehead atoms. The molecule has 1 rings (SSSR count). The van der Waals surface area contributed by atoms with Crippen molar-refractivity contribution in [2.45, 2.75) is 19.9 Å². The molecule has 0 atom stereocenters. The molecule has 0 spiro atoms. The summed E-state index contributed by atoms with van der Waals surface area (Å²) < 4.78 is 4.66. The van der Waals surface area contributed by atoms with Crippen LogP contribution in [0.4, 0.5) is 5.69 Å². The summed E-state index contributed by atoms with van der Waals surface area (Å²) in [4.78, 5) is 21.4. The maximum absolute atomic E-state index is 11.3. The van der Waals surface area contributed by atoms with Gasteiger partial charge in [0.15, 0.2) is 0 Å². The van der Waals surface area contributed by atoms with Gasteiger partial charge in [-0.2, -0.15) is 0 Å². The number of esters is 1. The zero-order valence-electron chi connectivity index (χ0n) is 11.6. The topological polar surface area (TPSA) is 81.5 Å². The lowest BCUT2D eigenvalue weighted by Crippen LogP contribution is -2.15. The molecule has 0 aromatic heterocycles. The van der Waals surface area contributed by atoms with Crippen molar-refractivity contribution in [2.24, 2.45) is 0 Å². The van der Waals surface area contributed by atoms with E-state index in [0.717, 1.165) is 5.56 Å². The maximum Gasteiger partial charge on any atom is 0.333 e. The number of carbonyl (C=O) groups is 1. The lowest BCUT2D eigenvalue weighted by molar-refractivity contribution is -0.384. The Labute approximate surface area is 117 Å². The van der Waals surface area contributed by atoms with Gasteiger partial charge in [0.1, 0.15) is 0 Å². The molecule has 0 radical (unpaired) electrons. The summed E-state index contributed by atoms with van der Waals surface area (Å²) >= 11 is 0. The highest BCUT2D eigenvalue weighted by Gasteiger charge is 2.06. The number of nitrogens with one attached hydrogen (secondary N) is 1. The van der Waals surface area contributed by atoms with Gasteiger partial charge in [-0.05, 0) is 12.0 Å². The van der Waals surface area contributed by atoms with E-state index in [2.05, 4.69) is 10.1 Å². The number of benzene rings is 1. The largest absolute Gasteiger partial charge is 0.466 e. The molecule has 6 nitrogen and oxygen atoms in total. The van der Waals surface area contributed by atoms with Gasteiger partial charge in [0.05, 0.1) is 12.0 Å². The van der Waals surface area contributed by atoms with E-state index >= 15 is 0 Å². The van der Waals surface area contributed by atoms with Gasteiger partial charge in [-0.3, -0.25) is 10.1 Å². The second-order valence-corrected chi connectivity index (χ2v) is 4.13. The zero-order valence-corrected chi connectivity index (χ0v) is 11.6. The Hall–Kier alpha value is -2.21. The molecule has 0 aliphatic carbocycles. The third-order valence-corrected chi connectivity index (χ3v) is 2.80. The van der Waals surface area contributed by atoms with E-state index in [1.165, 1.54) is 19.2 Å². The Morgan fingerprint density at radius 1 is 1.40 bits per heavy atom. The van der Waals surface area contributed by atoms with Crippen LogP contribution < -0.4 is 5.32 Å². The van der Waals surface area contributed by atoms with Gasteiger partial charge in [-0.1, -0.05) is 25.1 Å². The summed E-state index contributed by atoms with van der Waals surface area (Å²) in [6, 6.07) is 6.35. The van der Waals surface area contributed by atoms with Crippen molar-refractivity contribution < 1.29 is 14.5 Å². The number of nitrogens with zero attached hydrogens (tertiary/aromatic N) is 1. The third-order valence-electron chi connectivity index (χ3n) is 2.80. The van der Waals surface area contributed by atoms with Crippen LogP contribution >= 0.6 is 0 Å². The van der Waals surface area contributed by atoms with Crippen LogP contribution in [0.2, 0.25) is 0 Å². The second kappa shape index (κ2) is 8.06. The van der Waals surface area contributed by atoms with Crippen LogP contribution in [-0.4, -0.2) is 24.5 Å². The van der Waals surface area contributed by atoms with E-state index in [1.807, 2.05) is 6.92 Å². The molecule has 1 N–H and O–H groups in total. The number of rotatable bonds is 7. The molecule has 0 saturated heterocycles. The van der Waals surface area contributed by atoms with E-state index in [-0.39, 0.29) is 11.7 Å². The van der Waals surface area contributed by atoms with Gasteiger partial charge >= 0.3 is 5.97 Å². The first-order chi connectivity index (χ1) is 9.58. The van der Waals surface area contributed by atoms with Gasteiger partial charge < -0.3 is 10.1 Å². The van der Waals surface area contributed by atoms with Crippen molar-refractivity contribution in [3.05, 3.63) is 51.6 Å². The minimum Gasteiger partial charge on any atom is -0.466 e. The number of methoxy groups -OCH3 is 1. The van der Waals surface area contributed by atoms with Crippen LogP contribution in [-0.2, 0) is 16.1 Å². The van der Waals surface area contributed by atoms with Gasteiger partial charge in [-0.15, -0.1) is 0 Å². The molecule has 1 aromatic rings. The summed E-state index contributed by atoms with van der Waals surface area (Å²) in [6.07, 6.45) is 2.41. The molecule has 108 valence electrons. The zero-order chi connectivity index (χ0) is 15.0. The van der Waals surface area contributed by atoms with Crippen LogP contribution in [0.15, 0.2) is 35.9 Å². The first-order valence-electron chi connectivity index (χ1n) is 6.29. The van der Waals surface area contributed by atoms with Crippen LogP contribution in [0.3, 0.4) is 0 Å². The molecule has 0 amide bonds. The fourth-order valence-corrected chi connectivity index (χ4v) is 1.65. The lowest BCUT2D eigenvalue weighted by Gasteiger charge is -2.04. The molecule has 0 aliphatic heterocycles. The van der Waals surface area contributed by atoms with Gasteiger partial charge in [0.25, 0.3) is 5.69 Å². The molecule has 20 heavy (non-hydrogen) atoms. The number of nitro benzene ring substituents is 1. The first-order valence-corrected chi connectivity index (χ1v) is 6.29. The Morgan fingerprint density at radius 3 is 2.55 bits per heavy atom. The highest BCUT2D eigenvalue weighted by Crippen LogP contribution is 2.11. The Morgan fingerprint density at radius 2 is 2.05 bits per heavy atom. The standard InChI is InChI=1S/C14H18N2O4/c1-3-12(14(17)20-2)8-9-15-10-11-4-6-13(7-5-11)16(18)19/h4-8,15H,3,9-10H2,1-2H3/b12-8-. The number of non-ortho nitro benzene ring substituents is 1. The van der Waals surface area contributed by atoms with Gasteiger partial charge in [0, 0.05) is 30.8 Å². The van der Waals surface area contributed by atoms with Crippen LogP contribution in [0, 0.1) is 10.1 Å². The summed E-state index contributed by atoms with van der Waals surface area (Å²) in [5.74, 6) is -0.315. The molecule has 0 aliphatic rings. The minimum absolute atomic E-state index is 0.0765. The number of nitro groups is 1. The molecule has 0 fully saturated rings. The Balaban J connectivity index is 2.46. The summed E-state index contributed by atoms with van der Waals surface area (Å²) in [5.41, 5.74) is 1.65. The average Bonchev–Trinajstić information content (AvgIpc) is 2.47. The molecular formula is C14H18N2O4. The quantitative estimate of drug-likeness (QED) is 0.272. The van der Waals surface area contributed by atoms with Crippen molar-refractivity contribution in [1.82, 2.24) is 5.32 Å². The fourth-order valence-electron chi connectivity index (χ4n) is 1.65. The number of hydrogen-bond acceptors (Lipinski definition) is 5. The highest BCUT2D eigenvalue weighted by molar-refractivity contribution is 5.88. The number of ether oxygens (including phenoxy) is 1. The van der Waals surface area contributed by atoms with Crippen LogP contribution in [0.1, 0.15) is 18.9 Å². The van der Waals surface area contributed by atoms with Gasteiger partial charge in [-0.25, -0.2) is 4.79 Å². The predicted octanol–water partition coefficient (Wildman–Crippen LogP) is 2.19. The number of carbonyl (C=O) groups excluding carboxylic acids is 1. The Bertz CT molecular complexity index is 494. The summed E-state index contributed by atoms with van der Waals surface area (Å²) in [7, 11) is 1.36. The van der Waals surface area contributed by atoms with E-state index < -0.39 is 4.92 Å². The van der Waals surface area contributed by atoms with Crippen molar-refractivity contribution >= 4 is 11.7 Å². The maximum atomic E-state index is 11.3. The monoisotopic (exact) mass is 278 g/mol.